The second-order valence-corrected chi connectivity index (χ2v) is 4.96. The number of hydrogen-bond acceptors (Lipinski definition) is 3. The summed E-state index contributed by atoms with van der Waals surface area (Å²) in [5.74, 6) is -0.497. The molecule has 0 unspecified atom stereocenters. The fourth-order valence-corrected chi connectivity index (χ4v) is 2.62. The first-order valence-electron chi connectivity index (χ1n) is 6.63. The van der Waals surface area contributed by atoms with Gasteiger partial charge in [-0.25, -0.2) is 9.37 Å². The number of fused-ring (bicyclic) bond motifs is 1. The summed E-state index contributed by atoms with van der Waals surface area (Å²) in [6.45, 7) is 1.62. The van der Waals surface area contributed by atoms with Gasteiger partial charge in [-0.1, -0.05) is 6.07 Å². The molecular formula is C14H17ClFN3O. The fraction of sp³-hybridized carbons (Fsp3) is 0.429. The second kappa shape index (κ2) is 6.33. The van der Waals surface area contributed by atoms with E-state index >= 15 is 0 Å². The molecule has 108 valence electrons. The quantitative estimate of drug-likeness (QED) is 0.944. The van der Waals surface area contributed by atoms with E-state index < -0.39 is 5.82 Å². The average Bonchev–Trinajstić information content (AvgIpc) is 2.91. The fourth-order valence-electron chi connectivity index (χ4n) is 2.62. The van der Waals surface area contributed by atoms with Gasteiger partial charge in [0.1, 0.15) is 11.2 Å². The molecule has 0 saturated carbocycles. The minimum absolute atomic E-state index is 0. The lowest BCUT2D eigenvalue weighted by Gasteiger charge is -2.11. The van der Waals surface area contributed by atoms with Crippen molar-refractivity contribution in [2.24, 2.45) is 0 Å². The van der Waals surface area contributed by atoms with Gasteiger partial charge >= 0.3 is 0 Å². The first-order valence-corrected chi connectivity index (χ1v) is 6.63. The summed E-state index contributed by atoms with van der Waals surface area (Å²) >= 11 is 0. The number of halogens is 2. The van der Waals surface area contributed by atoms with E-state index in [1.54, 1.807) is 12.1 Å². The van der Waals surface area contributed by atoms with Crippen LogP contribution in [-0.2, 0) is 6.54 Å². The molecular weight excluding hydrogens is 281 g/mol. The van der Waals surface area contributed by atoms with Crippen LogP contribution in [0.1, 0.15) is 19.3 Å². The lowest BCUT2D eigenvalue weighted by molar-refractivity contribution is 0.496. The number of benzene rings is 1. The number of nitrogens with one attached hydrogen (secondary N) is 1. The Hall–Kier alpha value is -1.46. The third-order valence-corrected chi connectivity index (χ3v) is 3.68. The highest BCUT2D eigenvalue weighted by atomic mass is 35.5. The minimum Gasteiger partial charge on any atom is -0.314 e. The van der Waals surface area contributed by atoms with Crippen LogP contribution in [0.4, 0.5) is 4.39 Å². The van der Waals surface area contributed by atoms with Crippen molar-refractivity contribution in [3.05, 3.63) is 40.7 Å². The molecule has 1 aromatic heterocycles. The first-order chi connectivity index (χ1) is 9.25. The smallest absolute Gasteiger partial charge is 0.264 e. The Morgan fingerprint density at radius 3 is 3.05 bits per heavy atom. The highest BCUT2D eigenvalue weighted by Crippen LogP contribution is 2.12. The van der Waals surface area contributed by atoms with E-state index in [0.717, 1.165) is 19.4 Å². The van der Waals surface area contributed by atoms with Crippen molar-refractivity contribution in [1.82, 2.24) is 14.9 Å². The van der Waals surface area contributed by atoms with Gasteiger partial charge in [-0.2, -0.15) is 0 Å². The van der Waals surface area contributed by atoms with Crippen molar-refractivity contribution in [2.75, 3.05) is 6.54 Å². The van der Waals surface area contributed by atoms with E-state index in [-0.39, 0.29) is 23.4 Å². The molecule has 1 aliphatic rings. The van der Waals surface area contributed by atoms with E-state index in [1.165, 1.54) is 23.4 Å². The van der Waals surface area contributed by atoms with Gasteiger partial charge in [-0.3, -0.25) is 9.36 Å². The molecule has 20 heavy (non-hydrogen) atoms. The summed E-state index contributed by atoms with van der Waals surface area (Å²) < 4.78 is 15.2. The van der Waals surface area contributed by atoms with Crippen LogP contribution in [0.3, 0.4) is 0 Å². The van der Waals surface area contributed by atoms with Crippen molar-refractivity contribution < 1.29 is 4.39 Å². The van der Waals surface area contributed by atoms with E-state index in [9.17, 15) is 9.18 Å². The molecule has 4 nitrogen and oxygen atoms in total. The van der Waals surface area contributed by atoms with Crippen LogP contribution in [0.25, 0.3) is 10.9 Å². The molecule has 1 atom stereocenters. The topological polar surface area (TPSA) is 46.9 Å². The molecule has 0 spiro atoms. The van der Waals surface area contributed by atoms with Crippen molar-refractivity contribution in [3.63, 3.8) is 0 Å². The molecule has 2 heterocycles. The Kier molecular flexibility index (Phi) is 4.73. The van der Waals surface area contributed by atoms with Crippen LogP contribution in [0.2, 0.25) is 0 Å². The number of hydrogen-bond donors (Lipinski definition) is 1. The Bertz CT molecular complexity index is 652. The van der Waals surface area contributed by atoms with Crippen LogP contribution < -0.4 is 10.9 Å². The zero-order chi connectivity index (χ0) is 13.2. The van der Waals surface area contributed by atoms with Crippen LogP contribution in [0, 0.1) is 5.82 Å². The normalized spacial score (nSPS) is 18.1. The van der Waals surface area contributed by atoms with Crippen LogP contribution in [0.15, 0.2) is 29.3 Å². The minimum atomic E-state index is -0.497. The zero-order valence-electron chi connectivity index (χ0n) is 11.0. The molecule has 1 N–H and O–H groups in total. The van der Waals surface area contributed by atoms with E-state index in [1.807, 2.05) is 0 Å². The Morgan fingerprint density at radius 1 is 1.45 bits per heavy atom. The molecule has 3 rings (SSSR count). The monoisotopic (exact) mass is 297 g/mol. The molecule has 2 aromatic rings. The maximum atomic E-state index is 13.7. The van der Waals surface area contributed by atoms with Gasteiger partial charge in [0.25, 0.3) is 5.56 Å². The molecule has 0 aliphatic carbocycles. The molecule has 1 aromatic carbocycles. The predicted molar refractivity (Wildman–Crippen MR) is 78.9 cm³/mol. The Labute approximate surface area is 122 Å². The maximum absolute atomic E-state index is 13.7. The molecule has 0 radical (unpaired) electrons. The van der Waals surface area contributed by atoms with Gasteiger partial charge in [0, 0.05) is 12.6 Å². The number of rotatable bonds is 3. The summed E-state index contributed by atoms with van der Waals surface area (Å²) in [6.07, 6.45) is 4.72. The van der Waals surface area contributed by atoms with Gasteiger partial charge in [-0.15, -0.1) is 12.4 Å². The lowest BCUT2D eigenvalue weighted by Crippen LogP contribution is -2.27. The average molecular weight is 298 g/mol. The highest BCUT2D eigenvalue weighted by Gasteiger charge is 2.15. The zero-order valence-corrected chi connectivity index (χ0v) is 11.8. The number of aromatic nitrogens is 2. The summed E-state index contributed by atoms with van der Waals surface area (Å²) in [6, 6.07) is 4.98. The predicted octanol–water partition coefficient (Wildman–Crippen LogP) is 2.10. The highest BCUT2D eigenvalue weighted by molar-refractivity contribution is 5.85. The van der Waals surface area contributed by atoms with Gasteiger partial charge in [0.15, 0.2) is 0 Å². The van der Waals surface area contributed by atoms with Gasteiger partial charge in [0.05, 0.1) is 11.8 Å². The van der Waals surface area contributed by atoms with Crippen LogP contribution in [-0.4, -0.2) is 22.1 Å². The van der Waals surface area contributed by atoms with Crippen molar-refractivity contribution in [3.8, 4) is 0 Å². The standard InChI is InChI=1S/C14H16FN3O.ClH/c15-11-4-1-5-12-13(11)14(19)18(9-17-12)8-6-10-3-2-7-16-10;/h1,4-5,9-10,16H,2-3,6-8H2;1H/t10-;/m0./s1. The van der Waals surface area contributed by atoms with Gasteiger partial charge < -0.3 is 5.32 Å². The maximum Gasteiger partial charge on any atom is 0.264 e. The molecule has 1 aliphatic heterocycles. The summed E-state index contributed by atoms with van der Waals surface area (Å²) in [5.41, 5.74) is 0.126. The van der Waals surface area contributed by atoms with E-state index in [0.29, 0.717) is 18.1 Å². The SMILES string of the molecule is Cl.O=c1c2c(F)cccc2ncn1CC[C@@H]1CCCN1. The Morgan fingerprint density at radius 2 is 2.30 bits per heavy atom. The number of nitrogens with zero attached hydrogens (tertiary/aromatic N) is 2. The summed E-state index contributed by atoms with van der Waals surface area (Å²) in [7, 11) is 0. The third-order valence-electron chi connectivity index (χ3n) is 3.68. The molecule has 1 saturated heterocycles. The van der Waals surface area contributed by atoms with Crippen molar-refractivity contribution in [1.29, 1.82) is 0 Å². The van der Waals surface area contributed by atoms with Gasteiger partial charge in [-0.05, 0) is 37.9 Å². The van der Waals surface area contributed by atoms with Gasteiger partial charge in [0.2, 0.25) is 0 Å². The third kappa shape index (κ3) is 2.83. The largest absolute Gasteiger partial charge is 0.314 e. The van der Waals surface area contributed by atoms with E-state index in [2.05, 4.69) is 10.3 Å². The Balaban J connectivity index is 0.00000147. The van der Waals surface area contributed by atoms with E-state index in [4.69, 9.17) is 0 Å². The first kappa shape index (κ1) is 14.9. The summed E-state index contributed by atoms with van der Waals surface area (Å²) in [5, 5.41) is 3.47. The molecule has 0 amide bonds. The lowest BCUT2D eigenvalue weighted by atomic mass is 10.1. The van der Waals surface area contributed by atoms with Crippen molar-refractivity contribution in [2.45, 2.75) is 31.8 Å². The molecule has 1 fully saturated rings. The second-order valence-electron chi connectivity index (χ2n) is 4.96. The van der Waals surface area contributed by atoms with Crippen molar-refractivity contribution >= 4 is 23.3 Å². The van der Waals surface area contributed by atoms with Crippen LogP contribution in [0.5, 0.6) is 0 Å². The van der Waals surface area contributed by atoms with Crippen LogP contribution >= 0.6 is 12.4 Å². The number of aryl methyl sites for hydroxylation is 1. The molecule has 6 heteroatoms. The molecule has 0 bridgehead atoms. The summed E-state index contributed by atoms with van der Waals surface area (Å²) in [4.78, 5) is 16.4.